The number of nitrogens with zero attached hydrogens (tertiary/aromatic N) is 1. The summed E-state index contributed by atoms with van der Waals surface area (Å²) in [6.07, 6.45) is 0.807. The van der Waals surface area contributed by atoms with E-state index in [2.05, 4.69) is 20.9 Å². The molecule has 0 amide bonds. The lowest BCUT2D eigenvalue weighted by atomic mass is 10.3. The SMILES string of the molecule is FC1CN=C(Br)C=C1I. The highest BCUT2D eigenvalue weighted by Gasteiger charge is 2.13. The molecule has 9 heavy (non-hydrogen) atoms. The van der Waals surface area contributed by atoms with Gasteiger partial charge in [-0.2, -0.15) is 0 Å². The monoisotopic (exact) mass is 303 g/mol. The quantitative estimate of drug-likeness (QED) is 0.610. The normalized spacial score (nSPS) is 27.2. The van der Waals surface area contributed by atoms with Crippen LogP contribution in [0.2, 0.25) is 0 Å². The van der Waals surface area contributed by atoms with Gasteiger partial charge in [0.25, 0.3) is 0 Å². The van der Waals surface area contributed by atoms with E-state index >= 15 is 0 Å². The first kappa shape index (κ1) is 7.65. The van der Waals surface area contributed by atoms with E-state index in [1.165, 1.54) is 0 Å². The van der Waals surface area contributed by atoms with Crippen molar-refractivity contribution >= 4 is 43.1 Å². The molecule has 1 heterocycles. The van der Waals surface area contributed by atoms with Crippen molar-refractivity contribution in [1.82, 2.24) is 0 Å². The predicted molar refractivity (Wildman–Crippen MR) is 48.2 cm³/mol. The van der Waals surface area contributed by atoms with E-state index < -0.39 is 6.17 Å². The van der Waals surface area contributed by atoms with Crippen LogP contribution in [0, 0.1) is 0 Å². The summed E-state index contributed by atoms with van der Waals surface area (Å²) in [6, 6.07) is 0. The van der Waals surface area contributed by atoms with Crippen molar-refractivity contribution in [3.8, 4) is 0 Å². The number of hydrogen-bond acceptors (Lipinski definition) is 1. The summed E-state index contributed by atoms with van der Waals surface area (Å²) in [5, 5.41) is 0. The Bertz CT molecular complexity index is 178. The average Bonchev–Trinajstić information content (AvgIpc) is 1.80. The van der Waals surface area contributed by atoms with Crippen LogP contribution in [-0.2, 0) is 0 Å². The van der Waals surface area contributed by atoms with Gasteiger partial charge in [0.05, 0.1) is 6.54 Å². The summed E-state index contributed by atoms with van der Waals surface area (Å²) >= 11 is 5.13. The fourth-order valence-electron chi connectivity index (χ4n) is 0.504. The largest absolute Gasteiger partial charge is 0.274 e. The zero-order chi connectivity index (χ0) is 6.85. The van der Waals surface area contributed by atoms with Crippen LogP contribution in [0.25, 0.3) is 0 Å². The Balaban J connectivity index is 2.74. The van der Waals surface area contributed by atoms with Gasteiger partial charge in [-0.1, -0.05) is 0 Å². The van der Waals surface area contributed by atoms with Gasteiger partial charge in [-0.05, 0) is 44.6 Å². The second kappa shape index (κ2) is 3.09. The highest BCUT2D eigenvalue weighted by atomic mass is 127. The third kappa shape index (κ3) is 2.00. The molecule has 0 aromatic carbocycles. The van der Waals surface area contributed by atoms with Crippen molar-refractivity contribution in [3.05, 3.63) is 9.66 Å². The number of rotatable bonds is 0. The van der Waals surface area contributed by atoms with Gasteiger partial charge in [0.15, 0.2) is 6.17 Å². The molecule has 4 heteroatoms. The molecule has 0 saturated carbocycles. The Labute approximate surface area is 74.7 Å². The highest BCUT2D eigenvalue weighted by molar-refractivity contribution is 14.1. The van der Waals surface area contributed by atoms with E-state index in [4.69, 9.17) is 0 Å². The Morgan fingerprint density at radius 1 is 1.89 bits per heavy atom. The van der Waals surface area contributed by atoms with E-state index in [0.29, 0.717) is 0 Å². The fraction of sp³-hybridized carbons (Fsp3) is 0.400. The van der Waals surface area contributed by atoms with Crippen LogP contribution in [0.15, 0.2) is 14.6 Å². The minimum Gasteiger partial charge on any atom is -0.274 e. The summed E-state index contributed by atoms with van der Waals surface area (Å²) in [6.45, 7) is 0.259. The van der Waals surface area contributed by atoms with Crippen LogP contribution in [-0.4, -0.2) is 17.3 Å². The van der Waals surface area contributed by atoms with E-state index in [-0.39, 0.29) is 6.54 Å². The molecule has 0 aromatic rings. The predicted octanol–water partition coefficient (Wildman–Crippen LogP) is 2.45. The number of halogens is 3. The van der Waals surface area contributed by atoms with Crippen LogP contribution in [0.5, 0.6) is 0 Å². The van der Waals surface area contributed by atoms with Gasteiger partial charge in [0, 0.05) is 3.58 Å². The maximum atomic E-state index is 12.5. The van der Waals surface area contributed by atoms with E-state index in [0.717, 1.165) is 8.20 Å². The Kier molecular flexibility index (Phi) is 2.63. The summed E-state index contributed by atoms with van der Waals surface area (Å²) < 4.78 is 14.0. The number of alkyl halides is 1. The lowest BCUT2D eigenvalue weighted by molar-refractivity contribution is 0.405. The molecule has 1 atom stereocenters. The minimum absolute atomic E-state index is 0.259. The van der Waals surface area contributed by atoms with Gasteiger partial charge in [-0.3, -0.25) is 4.99 Å². The molecule has 1 nitrogen and oxygen atoms in total. The van der Waals surface area contributed by atoms with E-state index in [1.807, 2.05) is 22.6 Å². The summed E-state index contributed by atoms with van der Waals surface area (Å²) in [7, 11) is 0. The average molecular weight is 304 g/mol. The second-order valence-electron chi connectivity index (χ2n) is 1.66. The van der Waals surface area contributed by atoms with E-state index in [1.54, 1.807) is 6.08 Å². The fourth-order valence-corrected chi connectivity index (χ4v) is 1.82. The molecule has 1 unspecified atom stereocenters. The first-order chi connectivity index (χ1) is 4.20. The zero-order valence-corrected chi connectivity index (χ0v) is 8.19. The van der Waals surface area contributed by atoms with Crippen molar-refractivity contribution in [2.75, 3.05) is 6.54 Å². The van der Waals surface area contributed by atoms with Crippen LogP contribution < -0.4 is 0 Å². The molecule has 0 aliphatic carbocycles. The summed E-state index contributed by atoms with van der Waals surface area (Å²) in [5.41, 5.74) is 0. The van der Waals surface area contributed by atoms with Crippen LogP contribution in [0.4, 0.5) is 4.39 Å². The Morgan fingerprint density at radius 2 is 2.56 bits per heavy atom. The van der Waals surface area contributed by atoms with Crippen LogP contribution in [0.3, 0.4) is 0 Å². The smallest absolute Gasteiger partial charge is 0.150 e. The molecule has 0 bridgehead atoms. The van der Waals surface area contributed by atoms with Crippen LogP contribution >= 0.6 is 38.5 Å². The molecule has 0 radical (unpaired) electrons. The van der Waals surface area contributed by atoms with Crippen molar-refractivity contribution < 1.29 is 4.39 Å². The van der Waals surface area contributed by atoms with Gasteiger partial charge < -0.3 is 0 Å². The number of hydrogen-bond donors (Lipinski definition) is 0. The standard InChI is InChI=1S/C5H4BrFIN/c6-5-1-4(8)3(7)2-9-5/h1,3H,2H2. The van der Waals surface area contributed by atoms with Gasteiger partial charge in [0.1, 0.15) is 4.62 Å². The number of aliphatic imine (C=N–C) groups is 1. The molecule has 0 fully saturated rings. The molecular weight excluding hydrogens is 300 g/mol. The van der Waals surface area contributed by atoms with Crippen molar-refractivity contribution in [3.63, 3.8) is 0 Å². The third-order valence-electron chi connectivity index (χ3n) is 0.959. The summed E-state index contributed by atoms with van der Waals surface area (Å²) in [5.74, 6) is 0. The maximum absolute atomic E-state index is 12.5. The Hall–Kier alpha value is 0.550. The number of dihydropyridines is 1. The maximum Gasteiger partial charge on any atom is 0.150 e. The van der Waals surface area contributed by atoms with Crippen molar-refractivity contribution in [2.45, 2.75) is 6.17 Å². The van der Waals surface area contributed by atoms with Gasteiger partial charge in [-0.25, -0.2) is 4.39 Å². The van der Waals surface area contributed by atoms with Crippen molar-refractivity contribution in [2.24, 2.45) is 4.99 Å². The van der Waals surface area contributed by atoms with E-state index in [9.17, 15) is 4.39 Å². The van der Waals surface area contributed by atoms with Gasteiger partial charge >= 0.3 is 0 Å². The molecular formula is C5H4BrFIN. The molecule has 0 aromatic heterocycles. The molecule has 1 rings (SSSR count). The topological polar surface area (TPSA) is 12.4 Å². The highest BCUT2D eigenvalue weighted by Crippen LogP contribution is 2.20. The third-order valence-corrected chi connectivity index (χ3v) is 2.43. The zero-order valence-electron chi connectivity index (χ0n) is 4.44. The summed E-state index contributed by atoms with van der Waals surface area (Å²) in [4.78, 5) is 3.84. The second-order valence-corrected chi connectivity index (χ2v) is 3.72. The molecule has 1 aliphatic rings. The van der Waals surface area contributed by atoms with Gasteiger partial charge in [0.2, 0.25) is 0 Å². The van der Waals surface area contributed by atoms with Crippen LogP contribution in [0.1, 0.15) is 0 Å². The lowest BCUT2D eigenvalue weighted by Crippen LogP contribution is -2.10. The molecule has 0 spiro atoms. The first-order valence-corrected chi connectivity index (χ1v) is 4.28. The first-order valence-electron chi connectivity index (χ1n) is 2.41. The molecule has 50 valence electrons. The minimum atomic E-state index is -0.883. The number of allylic oxidation sites excluding steroid dienone is 1. The van der Waals surface area contributed by atoms with Crippen molar-refractivity contribution in [1.29, 1.82) is 0 Å². The van der Waals surface area contributed by atoms with Gasteiger partial charge in [-0.15, -0.1) is 0 Å². The molecule has 0 saturated heterocycles. The Morgan fingerprint density at radius 3 is 3.00 bits per heavy atom. The lowest BCUT2D eigenvalue weighted by Gasteiger charge is -2.08. The molecule has 0 N–H and O–H groups in total. The molecule has 1 aliphatic heterocycles.